The molecule has 0 aromatic heterocycles. The Labute approximate surface area is 146 Å². The Morgan fingerprint density at radius 2 is 1.84 bits per heavy atom. The van der Waals surface area contributed by atoms with Crippen molar-refractivity contribution in [3.05, 3.63) is 47.5 Å². The van der Waals surface area contributed by atoms with Gasteiger partial charge in [0.15, 0.2) is 11.5 Å². The van der Waals surface area contributed by atoms with E-state index in [9.17, 15) is 4.79 Å². The molecule has 0 saturated carbocycles. The van der Waals surface area contributed by atoms with Gasteiger partial charge in [0.1, 0.15) is 17.8 Å². The Balaban J connectivity index is 1.69. The second-order valence-electron chi connectivity index (χ2n) is 6.72. The summed E-state index contributed by atoms with van der Waals surface area (Å²) < 4.78 is 16.9. The van der Waals surface area contributed by atoms with Crippen LogP contribution in [0, 0.1) is 0 Å². The number of hydrogen-bond acceptors (Lipinski definition) is 4. The Bertz CT molecular complexity index is 878. The molecule has 5 rings (SSSR count). The lowest BCUT2D eigenvalue weighted by Gasteiger charge is -2.23. The van der Waals surface area contributed by atoms with Crippen LogP contribution in [0.1, 0.15) is 30.9 Å². The van der Waals surface area contributed by atoms with Crippen molar-refractivity contribution in [1.82, 2.24) is 0 Å². The minimum absolute atomic E-state index is 0.0970. The fraction of sp³-hybridized carbons (Fsp3) is 0.350. The van der Waals surface area contributed by atoms with Crippen molar-refractivity contribution < 1.29 is 19.0 Å². The first kappa shape index (κ1) is 14.6. The highest BCUT2D eigenvalue weighted by Gasteiger charge is 2.57. The molecule has 0 N–H and O–H groups in total. The Morgan fingerprint density at radius 3 is 2.68 bits per heavy atom. The van der Waals surface area contributed by atoms with Crippen molar-refractivity contribution >= 4 is 11.6 Å². The van der Waals surface area contributed by atoms with Crippen LogP contribution in [0.15, 0.2) is 36.4 Å². The molecule has 128 valence electrons. The maximum absolute atomic E-state index is 13.5. The first-order valence-electron chi connectivity index (χ1n) is 8.74. The van der Waals surface area contributed by atoms with Gasteiger partial charge in [-0.1, -0.05) is 31.5 Å². The SMILES string of the molecule is CCCCN1C(=O)C2(COc3cc4c(cc32)OCO4)c2ccccc21. The lowest BCUT2D eigenvalue weighted by atomic mass is 9.77. The molecule has 3 aliphatic rings. The molecule has 1 atom stereocenters. The van der Waals surface area contributed by atoms with Crippen LogP contribution >= 0.6 is 0 Å². The number of rotatable bonds is 3. The van der Waals surface area contributed by atoms with Gasteiger partial charge in [-0.2, -0.15) is 0 Å². The predicted molar refractivity (Wildman–Crippen MR) is 92.5 cm³/mol. The van der Waals surface area contributed by atoms with Crippen LogP contribution in [0.4, 0.5) is 5.69 Å². The zero-order valence-electron chi connectivity index (χ0n) is 14.1. The molecule has 2 aromatic carbocycles. The molecule has 1 unspecified atom stereocenters. The summed E-state index contributed by atoms with van der Waals surface area (Å²) in [6, 6.07) is 11.8. The van der Waals surface area contributed by atoms with Crippen LogP contribution in [-0.4, -0.2) is 25.9 Å². The third kappa shape index (κ3) is 1.81. The fourth-order valence-corrected chi connectivity index (χ4v) is 4.10. The Kier molecular flexibility index (Phi) is 3.02. The number of hydrogen-bond donors (Lipinski definition) is 0. The molecule has 1 spiro atoms. The van der Waals surface area contributed by atoms with Crippen molar-refractivity contribution in [2.75, 3.05) is 24.8 Å². The standard InChI is InChI=1S/C20H19NO4/c1-2-3-8-21-15-7-5-4-6-13(15)20(19(21)22)11-23-16-10-18-17(9-14(16)20)24-12-25-18/h4-7,9-10H,2-3,8,11-12H2,1H3. The quantitative estimate of drug-likeness (QED) is 0.863. The van der Waals surface area contributed by atoms with Gasteiger partial charge in [0, 0.05) is 23.9 Å². The monoisotopic (exact) mass is 337 g/mol. The average molecular weight is 337 g/mol. The van der Waals surface area contributed by atoms with Crippen LogP contribution in [0.25, 0.3) is 0 Å². The van der Waals surface area contributed by atoms with E-state index in [1.165, 1.54) is 0 Å². The van der Waals surface area contributed by atoms with E-state index in [1.807, 2.05) is 41.3 Å². The summed E-state index contributed by atoms with van der Waals surface area (Å²) in [6.07, 6.45) is 2.02. The largest absolute Gasteiger partial charge is 0.491 e. The summed E-state index contributed by atoms with van der Waals surface area (Å²) in [5.41, 5.74) is 2.12. The normalized spacial score (nSPS) is 22.3. The second-order valence-corrected chi connectivity index (χ2v) is 6.72. The van der Waals surface area contributed by atoms with Gasteiger partial charge in [0.05, 0.1) is 0 Å². The first-order chi connectivity index (χ1) is 12.3. The smallest absolute Gasteiger partial charge is 0.245 e. The van der Waals surface area contributed by atoms with E-state index in [-0.39, 0.29) is 12.7 Å². The molecule has 0 saturated heterocycles. The molecule has 0 aliphatic carbocycles. The topological polar surface area (TPSA) is 48.0 Å². The number of nitrogens with zero attached hydrogens (tertiary/aromatic N) is 1. The number of fused-ring (bicyclic) bond motifs is 5. The number of anilines is 1. The molecule has 25 heavy (non-hydrogen) atoms. The van der Waals surface area contributed by atoms with Gasteiger partial charge >= 0.3 is 0 Å². The molecule has 3 aliphatic heterocycles. The molecule has 1 amide bonds. The average Bonchev–Trinajstić information content (AvgIpc) is 3.30. The summed E-state index contributed by atoms with van der Waals surface area (Å²) in [5.74, 6) is 2.17. The van der Waals surface area contributed by atoms with E-state index in [4.69, 9.17) is 14.2 Å². The molecule has 2 aromatic rings. The van der Waals surface area contributed by atoms with Crippen molar-refractivity contribution in [3.63, 3.8) is 0 Å². The van der Waals surface area contributed by atoms with Crippen molar-refractivity contribution in [2.24, 2.45) is 0 Å². The van der Waals surface area contributed by atoms with Crippen LogP contribution in [-0.2, 0) is 10.2 Å². The van der Waals surface area contributed by atoms with Gasteiger partial charge < -0.3 is 19.1 Å². The van der Waals surface area contributed by atoms with Gasteiger partial charge in [0.2, 0.25) is 12.7 Å². The number of benzene rings is 2. The van der Waals surface area contributed by atoms with Crippen molar-refractivity contribution in [1.29, 1.82) is 0 Å². The summed E-state index contributed by atoms with van der Waals surface area (Å²) in [5, 5.41) is 0. The lowest BCUT2D eigenvalue weighted by Crippen LogP contribution is -2.42. The zero-order chi connectivity index (χ0) is 17.0. The van der Waals surface area contributed by atoms with Gasteiger partial charge in [-0.25, -0.2) is 0 Å². The van der Waals surface area contributed by atoms with Crippen LogP contribution in [0.5, 0.6) is 17.2 Å². The number of ether oxygens (including phenoxy) is 3. The number of para-hydroxylation sites is 1. The molecular weight excluding hydrogens is 318 g/mol. The molecule has 0 radical (unpaired) electrons. The predicted octanol–water partition coefficient (Wildman–Crippen LogP) is 3.24. The molecule has 0 bridgehead atoms. The maximum atomic E-state index is 13.5. The van der Waals surface area contributed by atoms with E-state index >= 15 is 0 Å². The molecule has 0 fully saturated rings. The van der Waals surface area contributed by atoms with E-state index in [2.05, 4.69) is 6.92 Å². The Hall–Kier alpha value is -2.69. The van der Waals surface area contributed by atoms with Gasteiger partial charge in [-0.15, -0.1) is 0 Å². The van der Waals surface area contributed by atoms with E-state index < -0.39 is 5.41 Å². The van der Waals surface area contributed by atoms with E-state index in [1.54, 1.807) is 0 Å². The van der Waals surface area contributed by atoms with Gasteiger partial charge in [-0.05, 0) is 24.1 Å². The van der Waals surface area contributed by atoms with Crippen molar-refractivity contribution in [2.45, 2.75) is 25.2 Å². The fourth-order valence-electron chi connectivity index (χ4n) is 4.10. The molecule has 3 heterocycles. The van der Waals surface area contributed by atoms with Crippen LogP contribution in [0.3, 0.4) is 0 Å². The number of carbonyl (C=O) groups excluding carboxylic acids is 1. The zero-order valence-corrected chi connectivity index (χ0v) is 14.1. The summed E-state index contributed by atoms with van der Waals surface area (Å²) in [7, 11) is 0. The summed E-state index contributed by atoms with van der Waals surface area (Å²) >= 11 is 0. The lowest BCUT2D eigenvalue weighted by molar-refractivity contribution is -0.122. The Morgan fingerprint density at radius 1 is 1.04 bits per heavy atom. The van der Waals surface area contributed by atoms with E-state index in [0.717, 1.165) is 36.2 Å². The maximum Gasteiger partial charge on any atom is 0.245 e. The first-order valence-corrected chi connectivity index (χ1v) is 8.74. The summed E-state index contributed by atoms with van der Waals surface area (Å²) in [6.45, 7) is 3.40. The highest BCUT2D eigenvalue weighted by molar-refractivity contribution is 6.11. The van der Waals surface area contributed by atoms with Crippen LogP contribution in [0.2, 0.25) is 0 Å². The minimum atomic E-state index is -0.777. The highest BCUT2D eigenvalue weighted by atomic mass is 16.7. The number of carbonyl (C=O) groups is 1. The second kappa shape index (κ2) is 5.15. The third-order valence-electron chi connectivity index (χ3n) is 5.38. The molecule has 5 nitrogen and oxygen atoms in total. The summed E-state index contributed by atoms with van der Waals surface area (Å²) in [4.78, 5) is 15.4. The van der Waals surface area contributed by atoms with E-state index in [0.29, 0.717) is 23.9 Å². The number of amides is 1. The van der Waals surface area contributed by atoms with Gasteiger partial charge in [0.25, 0.3) is 0 Å². The van der Waals surface area contributed by atoms with Crippen LogP contribution < -0.4 is 19.1 Å². The third-order valence-corrected chi connectivity index (χ3v) is 5.38. The number of unbranched alkanes of at least 4 members (excludes halogenated alkanes) is 1. The van der Waals surface area contributed by atoms with Gasteiger partial charge in [-0.3, -0.25) is 4.79 Å². The minimum Gasteiger partial charge on any atom is -0.491 e. The molecular formula is C20H19NO4. The highest BCUT2D eigenvalue weighted by Crippen LogP contribution is 2.54. The molecule has 5 heteroatoms. The van der Waals surface area contributed by atoms with Crippen molar-refractivity contribution in [3.8, 4) is 17.2 Å².